The summed E-state index contributed by atoms with van der Waals surface area (Å²) in [6.07, 6.45) is 0.859. The zero-order chi connectivity index (χ0) is 21.1. The number of anilines is 2. The number of nitro groups is 2. The molecule has 1 amide bonds. The van der Waals surface area contributed by atoms with Gasteiger partial charge in [0.25, 0.3) is 11.4 Å². The highest BCUT2D eigenvalue weighted by molar-refractivity contribution is 7.92. The summed E-state index contributed by atoms with van der Waals surface area (Å²) in [7, 11) is -3.94. The molecule has 1 N–H and O–H groups in total. The minimum Gasteiger partial charge on any atom is -0.324 e. The van der Waals surface area contributed by atoms with Crippen LogP contribution in [0.3, 0.4) is 0 Å². The van der Waals surface area contributed by atoms with Crippen molar-refractivity contribution in [2.45, 2.75) is 6.92 Å². The van der Waals surface area contributed by atoms with E-state index in [9.17, 15) is 33.4 Å². The minimum atomic E-state index is -3.94. The van der Waals surface area contributed by atoms with E-state index >= 15 is 0 Å². The second-order valence-electron chi connectivity index (χ2n) is 5.80. The number of hydrogen-bond acceptors (Lipinski definition) is 7. The predicted molar refractivity (Wildman–Crippen MR) is 102 cm³/mol. The van der Waals surface area contributed by atoms with E-state index in [2.05, 4.69) is 5.32 Å². The fourth-order valence-corrected chi connectivity index (χ4v) is 3.29. The Labute approximate surface area is 159 Å². The summed E-state index contributed by atoms with van der Waals surface area (Å²) >= 11 is 0. The SMILES string of the molecule is Cc1c(NC(=O)CN(c2cccc([N+](=O)[O-])c2)S(C)(=O)=O)cccc1[N+](=O)[O-]. The largest absolute Gasteiger partial charge is 0.324 e. The average Bonchev–Trinajstić information content (AvgIpc) is 2.60. The fourth-order valence-electron chi connectivity index (χ4n) is 2.44. The molecule has 148 valence electrons. The second-order valence-corrected chi connectivity index (χ2v) is 7.71. The molecule has 0 spiro atoms. The number of amides is 1. The molecule has 0 aliphatic rings. The lowest BCUT2D eigenvalue weighted by atomic mass is 10.1. The summed E-state index contributed by atoms with van der Waals surface area (Å²) in [6.45, 7) is 0.783. The first-order chi connectivity index (χ1) is 13.0. The van der Waals surface area contributed by atoms with Crippen LogP contribution in [-0.4, -0.2) is 37.0 Å². The molecular formula is C16H16N4O7S. The quantitative estimate of drug-likeness (QED) is 0.544. The van der Waals surface area contributed by atoms with Crippen LogP contribution in [0.15, 0.2) is 42.5 Å². The Kier molecular flexibility index (Phi) is 5.93. The van der Waals surface area contributed by atoms with Crippen LogP contribution in [-0.2, 0) is 14.8 Å². The third-order valence-corrected chi connectivity index (χ3v) is 4.93. The summed E-state index contributed by atoms with van der Waals surface area (Å²) in [5.74, 6) is -0.763. The number of sulfonamides is 1. The summed E-state index contributed by atoms with van der Waals surface area (Å²) in [5.41, 5.74) is -0.214. The van der Waals surface area contributed by atoms with Crippen molar-refractivity contribution in [1.29, 1.82) is 0 Å². The maximum atomic E-state index is 12.4. The number of nitrogens with one attached hydrogen (secondary N) is 1. The number of benzene rings is 2. The van der Waals surface area contributed by atoms with Crippen LogP contribution in [0.25, 0.3) is 0 Å². The van der Waals surface area contributed by atoms with Gasteiger partial charge in [-0.05, 0) is 19.1 Å². The maximum Gasteiger partial charge on any atom is 0.274 e. The van der Waals surface area contributed by atoms with Gasteiger partial charge in [-0.1, -0.05) is 12.1 Å². The van der Waals surface area contributed by atoms with Crippen LogP contribution in [0.1, 0.15) is 5.56 Å². The Morgan fingerprint density at radius 1 is 1.11 bits per heavy atom. The van der Waals surface area contributed by atoms with E-state index in [0.29, 0.717) is 4.31 Å². The Bertz CT molecular complexity index is 1050. The van der Waals surface area contributed by atoms with E-state index in [-0.39, 0.29) is 28.3 Å². The molecule has 2 rings (SSSR count). The van der Waals surface area contributed by atoms with E-state index in [4.69, 9.17) is 0 Å². The Morgan fingerprint density at radius 3 is 2.32 bits per heavy atom. The summed E-state index contributed by atoms with van der Waals surface area (Å²) in [6, 6.07) is 8.95. The van der Waals surface area contributed by atoms with E-state index < -0.39 is 32.3 Å². The molecule has 0 saturated heterocycles. The van der Waals surface area contributed by atoms with Gasteiger partial charge in [0.2, 0.25) is 15.9 Å². The average molecular weight is 408 g/mol. The van der Waals surface area contributed by atoms with Gasteiger partial charge in [0.05, 0.1) is 33.0 Å². The Morgan fingerprint density at radius 2 is 1.75 bits per heavy atom. The van der Waals surface area contributed by atoms with Gasteiger partial charge >= 0.3 is 0 Å². The predicted octanol–water partition coefficient (Wildman–Crippen LogP) is 2.22. The van der Waals surface area contributed by atoms with Gasteiger partial charge in [0.15, 0.2) is 0 Å². The van der Waals surface area contributed by atoms with Crippen molar-refractivity contribution in [2.75, 3.05) is 22.4 Å². The molecule has 0 atom stereocenters. The molecule has 2 aromatic carbocycles. The van der Waals surface area contributed by atoms with Gasteiger partial charge < -0.3 is 5.32 Å². The van der Waals surface area contributed by atoms with E-state index in [0.717, 1.165) is 12.3 Å². The molecule has 0 aromatic heterocycles. The fraction of sp³-hybridized carbons (Fsp3) is 0.188. The molecule has 0 fully saturated rings. The molecule has 0 unspecified atom stereocenters. The highest BCUT2D eigenvalue weighted by Gasteiger charge is 2.23. The molecule has 11 nitrogen and oxygen atoms in total. The highest BCUT2D eigenvalue weighted by Crippen LogP contribution is 2.26. The van der Waals surface area contributed by atoms with E-state index in [1.165, 1.54) is 43.3 Å². The van der Waals surface area contributed by atoms with Crippen molar-refractivity contribution < 1.29 is 23.1 Å². The van der Waals surface area contributed by atoms with Gasteiger partial charge in [0, 0.05) is 18.2 Å². The third-order valence-electron chi connectivity index (χ3n) is 3.79. The second kappa shape index (κ2) is 8.00. The zero-order valence-electron chi connectivity index (χ0n) is 14.9. The molecule has 28 heavy (non-hydrogen) atoms. The maximum absolute atomic E-state index is 12.4. The van der Waals surface area contributed by atoms with Gasteiger partial charge in [-0.3, -0.25) is 29.3 Å². The molecular weight excluding hydrogens is 392 g/mol. The standard InChI is InChI=1S/C16H16N4O7S/c1-11-14(7-4-8-15(11)20(24)25)17-16(21)10-18(28(2,26)27)12-5-3-6-13(9-12)19(22)23/h3-9H,10H2,1-2H3,(H,17,21). The lowest BCUT2D eigenvalue weighted by Gasteiger charge is -2.22. The number of nitrogens with zero attached hydrogens (tertiary/aromatic N) is 3. The lowest BCUT2D eigenvalue weighted by molar-refractivity contribution is -0.385. The molecule has 0 heterocycles. The lowest BCUT2D eigenvalue weighted by Crippen LogP contribution is -2.37. The monoisotopic (exact) mass is 408 g/mol. The minimum absolute atomic E-state index is 0.0531. The molecule has 2 aromatic rings. The summed E-state index contributed by atoms with van der Waals surface area (Å²) in [4.78, 5) is 33.0. The van der Waals surface area contributed by atoms with Crippen molar-refractivity contribution in [2.24, 2.45) is 0 Å². The van der Waals surface area contributed by atoms with Gasteiger partial charge in [-0.2, -0.15) is 0 Å². The van der Waals surface area contributed by atoms with Crippen LogP contribution in [0, 0.1) is 27.2 Å². The first-order valence-electron chi connectivity index (χ1n) is 7.76. The molecule has 0 aliphatic heterocycles. The summed E-state index contributed by atoms with van der Waals surface area (Å²) < 4.78 is 24.9. The van der Waals surface area contributed by atoms with Crippen molar-refractivity contribution in [3.63, 3.8) is 0 Å². The van der Waals surface area contributed by atoms with Crippen molar-refractivity contribution in [1.82, 2.24) is 0 Å². The topological polar surface area (TPSA) is 153 Å². The first kappa shape index (κ1) is 20.8. The van der Waals surface area contributed by atoms with Crippen molar-refractivity contribution in [3.05, 3.63) is 68.3 Å². The van der Waals surface area contributed by atoms with Crippen LogP contribution < -0.4 is 9.62 Å². The molecule has 0 bridgehead atoms. The van der Waals surface area contributed by atoms with Gasteiger partial charge in [0.1, 0.15) is 6.54 Å². The number of hydrogen-bond donors (Lipinski definition) is 1. The smallest absolute Gasteiger partial charge is 0.274 e. The third kappa shape index (κ3) is 4.79. The number of carbonyl (C=O) groups is 1. The van der Waals surface area contributed by atoms with Gasteiger partial charge in [-0.15, -0.1) is 0 Å². The zero-order valence-corrected chi connectivity index (χ0v) is 15.7. The molecule has 0 radical (unpaired) electrons. The van der Waals surface area contributed by atoms with Crippen LogP contribution in [0.5, 0.6) is 0 Å². The molecule has 0 aliphatic carbocycles. The van der Waals surface area contributed by atoms with Crippen molar-refractivity contribution in [3.8, 4) is 0 Å². The van der Waals surface area contributed by atoms with Gasteiger partial charge in [-0.25, -0.2) is 8.42 Å². The first-order valence-corrected chi connectivity index (χ1v) is 9.61. The van der Waals surface area contributed by atoms with Crippen LogP contribution in [0.2, 0.25) is 0 Å². The molecule has 0 saturated carbocycles. The van der Waals surface area contributed by atoms with Crippen LogP contribution >= 0.6 is 0 Å². The summed E-state index contributed by atoms with van der Waals surface area (Å²) in [5, 5.41) is 24.3. The Hall–Kier alpha value is -3.54. The number of nitro benzene ring substituents is 2. The van der Waals surface area contributed by atoms with Crippen molar-refractivity contribution >= 4 is 38.7 Å². The van der Waals surface area contributed by atoms with E-state index in [1.807, 2.05) is 0 Å². The van der Waals surface area contributed by atoms with E-state index in [1.54, 1.807) is 0 Å². The number of non-ortho nitro benzene ring substituents is 1. The normalized spacial score (nSPS) is 10.9. The number of rotatable bonds is 7. The molecule has 12 heteroatoms. The highest BCUT2D eigenvalue weighted by atomic mass is 32.2. The van der Waals surface area contributed by atoms with Crippen LogP contribution in [0.4, 0.5) is 22.7 Å². The Balaban J connectivity index is 2.31. The number of carbonyl (C=O) groups excluding carboxylic acids is 1.